The van der Waals surface area contributed by atoms with Gasteiger partial charge in [-0.3, -0.25) is 4.68 Å². The first-order chi connectivity index (χ1) is 10.5. The SMILES string of the molecule is CCNC(=NCc1cnn(C)c1)NCC1(CC(C)C)CCC1. The van der Waals surface area contributed by atoms with Crippen LogP contribution in [0.15, 0.2) is 17.4 Å². The fraction of sp³-hybridized carbons (Fsp3) is 0.765. The minimum absolute atomic E-state index is 0.485. The van der Waals surface area contributed by atoms with Crippen LogP contribution in [-0.4, -0.2) is 28.8 Å². The molecule has 0 atom stereocenters. The molecule has 1 aromatic heterocycles. The van der Waals surface area contributed by atoms with Crippen LogP contribution in [0.1, 0.15) is 52.0 Å². The number of aliphatic imine (C=N–C) groups is 1. The number of aryl methyl sites for hydroxylation is 1. The van der Waals surface area contributed by atoms with Crippen molar-refractivity contribution < 1.29 is 0 Å². The molecule has 0 radical (unpaired) electrons. The molecule has 0 aromatic carbocycles. The first-order valence-corrected chi connectivity index (χ1v) is 8.53. The molecule has 0 aliphatic heterocycles. The number of aromatic nitrogens is 2. The average molecular weight is 305 g/mol. The number of guanidine groups is 1. The summed E-state index contributed by atoms with van der Waals surface area (Å²) in [6.45, 7) is 9.33. The van der Waals surface area contributed by atoms with E-state index in [1.54, 1.807) is 0 Å². The molecule has 1 heterocycles. The molecule has 0 unspecified atom stereocenters. The Labute approximate surface area is 134 Å². The molecule has 22 heavy (non-hydrogen) atoms. The van der Waals surface area contributed by atoms with Gasteiger partial charge in [0.05, 0.1) is 12.7 Å². The Hall–Kier alpha value is -1.52. The molecule has 0 saturated heterocycles. The first-order valence-electron chi connectivity index (χ1n) is 8.53. The standard InChI is InChI=1S/C17H31N5/c1-5-18-16(19-10-15-11-21-22(4)12-15)20-13-17(7-6-8-17)9-14(2)3/h11-12,14H,5-10,13H2,1-4H3,(H2,18,19,20). The predicted octanol–water partition coefficient (Wildman–Crippen LogP) is 2.69. The maximum atomic E-state index is 4.68. The lowest BCUT2D eigenvalue weighted by Crippen LogP contribution is -2.47. The maximum Gasteiger partial charge on any atom is 0.191 e. The highest BCUT2D eigenvalue weighted by molar-refractivity contribution is 5.79. The summed E-state index contributed by atoms with van der Waals surface area (Å²) in [5.74, 6) is 1.68. The molecule has 1 aromatic rings. The van der Waals surface area contributed by atoms with Gasteiger partial charge in [-0.15, -0.1) is 0 Å². The quantitative estimate of drug-likeness (QED) is 0.601. The van der Waals surface area contributed by atoms with Crippen molar-refractivity contribution in [2.75, 3.05) is 13.1 Å². The second-order valence-corrected chi connectivity index (χ2v) is 7.02. The molecule has 0 bridgehead atoms. The van der Waals surface area contributed by atoms with Crippen molar-refractivity contribution in [3.8, 4) is 0 Å². The van der Waals surface area contributed by atoms with Crippen LogP contribution in [0.5, 0.6) is 0 Å². The van der Waals surface area contributed by atoms with E-state index >= 15 is 0 Å². The summed E-state index contributed by atoms with van der Waals surface area (Å²) in [6, 6.07) is 0. The van der Waals surface area contributed by atoms with Gasteiger partial charge in [0.2, 0.25) is 0 Å². The summed E-state index contributed by atoms with van der Waals surface area (Å²) < 4.78 is 1.82. The van der Waals surface area contributed by atoms with Gasteiger partial charge in [-0.25, -0.2) is 4.99 Å². The van der Waals surface area contributed by atoms with Crippen molar-refractivity contribution in [2.24, 2.45) is 23.4 Å². The molecule has 0 spiro atoms. The number of hydrogen-bond acceptors (Lipinski definition) is 2. The highest BCUT2D eigenvalue weighted by Gasteiger charge is 2.37. The lowest BCUT2D eigenvalue weighted by molar-refractivity contribution is 0.104. The lowest BCUT2D eigenvalue weighted by Gasteiger charge is -2.43. The summed E-state index contributed by atoms with van der Waals surface area (Å²) in [7, 11) is 1.93. The summed E-state index contributed by atoms with van der Waals surface area (Å²) >= 11 is 0. The minimum atomic E-state index is 0.485. The molecule has 0 amide bonds. The summed E-state index contributed by atoms with van der Waals surface area (Å²) in [4.78, 5) is 4.68. The number of nitrogens with one attached hydrogen (secondary N) is 2. The van der Waals surface area contributed by atoms with Crippen molar-refractivity contribution >= 4 is 5.96 Å². The molecule has 2 rings (SSSR count). The molecule has 5 nitrogen and oxygen atoms in total. The fourth-order valence-corrected chi connectivity index (χ4v) is 3.33. The van der Waals surface area contributed by atoms with Crippen LogP contribution in [0, 0.1) is 11.3 Å². The van der Waals surface area contributed by atoms with E-state index in [9.17, 15) is 0 Å². The van der Waals surface area contributed by atoms with E-state index in [1.807, 2.05) is 24.1 Å². The Bertz CT molecular complexity index is 485. The van der Waals surface area contributed by atoms with Gasteiger partial charge in [-0.05, 0) is 37.5 Å². The molecule has 5 heteroatoms. The monoisotopic (exact) mass is 305 g/mol. The summed E-state index contributed by atoms with van der Waals surface area (Å²) in [5.41, 5.74) is 1.62. The van der Waals surface area contributed by atoms with E-state index in [-0.39, 0.29) is 0 Å². The van der Waals surface area contributed by atoms with Gasteiger partial charge in [-0.1, -0.05) is 20.3 Å². The highest BCUT2D eigenvalue weighted by Crippen LogP contribution is 2.45. The Balaban J connectivity index is 1.90. The number of rotatable bonds is 7. The van der Waals surface area contributed by atoms with Crippen molar-refractivity contribution in [3.63, 3.8) is 0 Å². The molecule has 1 saturated carbocycles. The van der Waals surface area contributed by atoms with Gasteiger partial charge in [0, 0.05) is 31.9 Å². The van der Waals surface area contributed by atoms with Crippen LogP contribution in [-0.2, 0) is 13.6 Å². The van der Waals surface area contributed by atoms with Gasteiger partial charge in [0.25, 0.3) is 0 Å². The highest BCUT2D eigenvalue weighted by atomic mass is 15.2. The molecular weight excluding hydrogens is 274 g/mol. The zero-order valence-corrected chi connectivity index (χ0v) is 14.5. The van der Waals surface area contributed by atoms with Gasteiger partial charge in [0.15, 0.2) is 5.96 Å². The van der Waals surface area contributed by atoms with Crippen LogP contribution in [0.3, 0.4) is 0 Å². The van der Waals surface area contributed by atoms with E-state index in [0.717, 1.165) is 30.5 Å². The zero-order valence-electron chi connectivity index (χ0n) is 14.5. The lowest BCUT2D eigenvalue weighted by atomic mass is 9.64. The molecular formula is C17H31N5. The summed E-state index contributed by atoms with van der Waals surface area (Å²) in [6.07, 6.45) is 9.26. The number of hydrogen-bond donors (Lipinski definition) is 2. The summed E-state index contributed by atoms with van der Waals surface area (Å²) in [5, 5.41) is 11.1. The second kappa shape index (κ2) is 7.65. The van der Waals surface area contributed by atoms with Crippen LogP contribution < -0.4 is 10.6 Å². The van der Waals surface area contributed by atoms with Crippen molar-refractivity contribution in [2.45, 2.75) is 53.0 Å². The smallest absolute Gasteiger partial charge is 0.191 e. The Morgan fingerprint density at radius 2 is 2.18 bits per heavy atom. The molecule has 2 N–H and O–H groups in total. The third-order valence-electron chi connectivity index (χ3n) is 4.41. The third-order valence-corrected chi connectivity index (χ3v) is 4.41. The van der Waals surface area contributed by atoms with E-state index in [2.05, 4.69) is 41.5 Å². The first kappa shape index (κ1) is 16.8. The average Bonchev–Trinajstić information content (AvgIpc) is 2.84. The van der Waals surface area contributed by atoms with Gasteiger partial charge in [0.1, 0.15) is 0 Å². The van der Waals surface area contributed by atoms with E-state index < -0.39 is 0 Å². The zero-order chi connectivity index (χ0) is 16.0. The largest absolute Gasteiger partial charge is 0.357 e. The molecule has 1 aliphatic rings. The molecule has 1 fully saturated rings. The van der Waals surface area contributed by atoms with Crippen molar-refractivity contribution in [3.05, 3.63) is 18.0 Å². The van der Waals surface area contributed by atoms with Crippen LogP contribution in [0.2, 0.25) is 0 Å². The van der Waals surface area contributed by atoms with E-state index in [0.29, 0.717) is 12.0 Å². The van der Waals surface area contributed by atoms with Crippen LogP contribution >= 0.6 is 0 Å². The Morgan fingerprint density at radius 3 is 2.68 bits per heavy atom. The Kier molecular flexibility index (Phi) is 5.86. The van der Waals surface area contributed by atoms with E-state index in [1.165, 1.54) is 25.7 Å². The third kappa shape index (κ3) is 4.75. The van der Waals surface area contributed by atoms with Crippen LogP contribution in [0.4, 0.5) is 0 Å². The number of nitrogens with zero attached hydrogens (tertiary/aromatic N) is 3. The van der Waals surface area contributed by atoms with Crippen LogP contribution in [0.25, 0.3) is 0 Å². The van der Waals surface area contributed by atoms with Gasteiger partial charge < -0.3 is 10.6 Å². The fourth-order valence-electron chi connectivity index (χ4n) is 3.33. The van der Waals surface area contributed by atoms with Gasteiger partial charge >= 0.3 is 0 Å². The maximum absolute atomic E-state index is 4.68. The van der Waals surface area contributed by atoms with Crippen molar-refractivity contribution in [1.29, 1.82) is 0 Å². The minimum Gasteiger partial charge on any atom is -0.357 e. The predicted molar refractivity (Wildman–Crippen MR) is 91.8 cm³/mol. The topological polar surface area (TPSA) is 54.2 Å². The molecule has 124 valence electrons. The second-order valence-electron chi connectivity index (χ2n) is 7.02. The van der Waals surface area contributed by atoms with Gasteiger partial charge in [-0.2, -0.15) is 5.10 Å². The Morgan fingerprint density at radius 1 is 1.41 bits per heavy atom. The molecule has 1 aliphatic carbocycles. The van der Waals surface area contributed by atoms with Crippen molar-refractivity contribution in [1.82, 2.24) is 20.4 Å². The normalized spacial score (nSPS) is 17.4. The van der Waals surface area contributed by atoms with E-state index in [4.69, 9.17) is 0 Å².